The van der Waals surface area contributed by atoms with Crippen molar-refractivity contribution in [2.75, 3.05) is 12.7 Å². The Bertz CT molecular complexity index is 282. The van der Waals surface area contributed by atoms with Gasteiger partial charge in [-0.15, -0.1) is 0 Å². The van der Waals surface area contributed by atoms with E-state index in [4.69, 9.17) is 19.2 Å². The summed E-state index contributed by atoms with van der Waals surface area (Å²) in [5, 5.41) is 2.86. The van der Waals surface area contributed by atoms with Crippen LogP contribution in [0.5, 0.6) is 0 Å². The highest BCUT2D eigenvalue weighted by Gasteiger charge is 2.15. The van der Waals surface area contributed by atoms with Gasteiger partial charge in [-0.3, -0.25) is 9.13 Å². The molecule has 8 heteroatoms. The standard InChI is InChI=1S/C6H10NO3P.H3O2P/c8-11(9,10)5-6-3-1-2-4-7-6;1-3-2/h1-3,7H,4-5H2,(H2,8,9,10);3H2,(H,1,2). The fourth-order valence-corrected chi connectivity index (χ4v) is 1.49. The minimum Gasteiger partial charge on any atom is -0.384 e. The van der Waals surface area contributed by atoms with E-state index in [1.807, 2.05) is 6.08 Å². The zero-order valence-electron chi connectivity index (χ0n) is 7.33. The second-order valence-electron chi connectivity index (χ2n) is 2.43. The van der Waals surface area contributed by atoms with Crippen LogP contribution in [0, 0.1) is 0 Å². The first-order valence-corrected chi connectivity index (χ1v) is 6.50. The van der Waals surface area contributed by atoms with Crippen molar-refractivity contribution < 1.29 is 23.8 Å². The Labute approximate surface area is 82.8 Å². The highest BCUT2D eigenvalue weighted by Crippen LogP contribution is 2.36. The van der Waals surface area contributed by atoms with Crippen molar-refractivity contribution in [3.05, 3.63) is 23.9 Å². The second kappa shape index (κ2) is 6.98. The number of allylic oxidation sites excluding steroid dienone is 3. The fourth-order valence-electron chi connectivity index (χ4n) is 0.832. The van der Waals surface area contributed by atoms with Crippen LogP contribution in [0.25, 0.3) is 0 Å². The molecule has 0 aromatic heterocycles. The van der Waals surface area contributed by atoms with Crippen LogP contribution in [-0.4, -0.2) is 27.4 Å². The maximum absolute atomic E-state index is 10.5. The van der Waals surface area contributed by atoms with Gasteiger partial charge < -0.3 is 20.0 Å². The Morgan fingerprint density at radius 3 is 2.50 bits per heavy atom. The number of rotatable bonds is 2. The molecule has 0 fully saturated rings. The topological polar surface area (TPSA) is 107 Å². The normalized spacial score (nSPS) is 15.8. The molecular weight excluding hydrogens is 228 g/mol. The number of dihydropyridines is 1. The van der Waals surface area contributed by atoms with Gasteiger partial charge in [0.1, 0.15) is 0 Å². The van der Waals surface area contributed by atoms with Gasteiger partial charge in [0.15, 0.2) is 8.69 Å². The lowest BCUT2D eigenvalue weighted by Gasteiger charge is -2.12. The first-order valence-electron chi connectivity index (χ1n) is 3.71. The number of hydrogen-bond acceptors (Lipinski definition) is 3. The van der Waals surface area contributed by atoms with E-state index in [1.165, 1.54) is 0 Å². The summed E-state index contributed by atoms with van der Waals surface area (Å²) in [6.07, 6.45) is 5.13. The van der Waals surface area contributed by atoms with Gasteiger partial charge in [0.2, 0.25) is 0 Å². The van der Waals surface area contributed by atoms with Crippen LogP contribution in [0.4, 0.5) is 0 Å². The van der Waals surface area contributed by atoms with Gasteiger partial charge in [-0.05, 0) is 6.08 Å². The maximum atomic E-state index is 10.5. The van der Waals surface area contributed by atoms with Crippen LogP contribution in [0.1, 0.15) is 0 Å². The highest BCUT2D eigenvalue weighted by molar-refractivity contribution is 7.52. The molecule has 0 spiro atoms. The molecular formula is C6H13NO5P2. The van der Waals surface area contributed by atoms with E-state index in [9.17, 15) is 4.57 Å². The molecule has 1 aliphatic heterocycles. The first kappa shape index (κ1) is 13.6. The fraction of sp³-hybridized carbons (Fsp3) is 0.333. The summed E-state index contributed by atoms with van der Waals surface area (Å²) < 4.78 is 19.1. The molecule has 1 aliphatic rings. The molecule has 14 heavy (non-hydrogen) atoms. The summed E-state index contributed by atoms with van der Waals surface area (Å²) in [5.41, 5.74) is 0.598. The van der Waals surface area contributed by atoms with Crippen molar-refractivity contribution in [2.24, 2.45) is 0 Å². The molecule has 0 amide bonds. The molecule has 1 unspecified atom stereocenters. The van der Waals surface area contributed by atoms with E-state index in [0.29, 0.717) is 12.2 Å². The summed E-state index contributed by atoms with van der Waals surface area (Å²) in [6, 6.07) is 0. The van der Waals surface area contributed by atoms with E-state index in [2.05, 4.69) is 5.32 Å². The van der Waals surface area contributed by atoms with Gasteiger partial charge in [0.25, 0.3) is 0 Å². The molecule has 6 nitrogen and oxygen atoms in total. The van der Waals surface area contributed by atoms with Crippen LogP contribution < -0.4 is 5.32 Å². The number of hydrogen-bond donors (Lipinski definition) is 4. The monoisotopic (exact) mass is 241 g/mol. The quantitative estimate of drug-likeness (QED) is 0.501. The Hall–Kier alpha value is -0.380. The molecule has 0 saturated heterocycles. The Balaban J connectivity index is 0.000000500. The smallest absolute Gasteiger partial charge is 0.331 e. The third-order valence-electron chi connectivity index (χ3n) is 1.26. The predicted molar refractivity (Wildman–Crippen MR) is 54.8 cm³/mol. The summed E-state index contributed by atoms with van der Waals surface area (Å²) in [6.45, 7) is 0.645. The summed E-state index contributed by atoms with van der Waals surface area (Å²) in [4.78, 5) is 24.2. The minimum atomic E-state index is -3.90. The van der Waals surface area contributed by atoms with Crippen molar-refractivity contribution in [1.82, 2.24) is 5.32 Å². The SMILES string of the molecule is O=P(O)(O)CC1=CC=CCN1.O=[PH2]O. The molecule has 0 aromatic rings. The Morgan fingerprint density at radius 2 is 2.14 bits per heavy atom. The molecule has 0 radical (unpaired) electrons. The van der Waals surface area contributed by atoms with E-state index in [1.54, 1.807) is 12.2 Å². The zero-order valence-corrected chi connectivity index (χ0v) is 9.38. The Kier molecular flexibility index (Phi) is 6.79. The largest absolute Gasteiger partial charge is 0.384 e. The second-order valence-corrected chi connectivity index (χ2v) is 4.29. The van der Waals surface area contributed by atoms with Crippen LogP contribution in [0.2, 0.25) is 0 Å². The van der Waals surface area contributed by atoms with Crippen LogP contribution in [0.15, 0.2) is 23.9 Å². The van der Waals surface area contributed by atoms with E-state index < -0.39 is 16.3 Å². The van der Waals surface area contributed by atoms with Crippen molar-refractivity contribution in [1.29, 1.82) is 0 Å². The van der Waals surface area contributed by atoms with Gasteiger partial charge in [-0.25, -0.2) is 0 Å². The summed E-state index contributed by atoms with van der Waals surface area (Å²) >= 11 is 0. The molecule has 0 bridgehead atoms. The van der Waals surface area contributed by atoms with E-state index in [-0.39, 0.29) is 6.16 Å². The first-order chi connectivity index (χ1) is 6.49. The van der Waals surface area contributed by atoms with Gasteiger partial charge in [-0.2, -0.15) is 0 Å². The van der Waals surface area contributed by atoms with Crippen LogP contribution in [-0.2, 0) is 9.13 Å². The Morgan fingerprint density at radius 1 is 1.57 bits per heavy atom. The van der Waals surface area contributed by atoms with Gasteiger partial charge in [0.05, 0.1) is 6.16 Å². The third-order valence-corrected chi connectivity index (χ3v) is 2.01. The van der Waals surface area contributed by atoms with Crippen LogP contribution in [0.3, 0.4) is 0 Å². The van der Waals surface area contributed by atoms with Gasteiger partial charge in [0, 0.05) is 12.2 Å². The summed E-state index contributed by atoms with van der Waals surface area (Å²) in [5.74, 6) is 0. The lowest BCUT2D eigenvalue weighted by atomic mass is 10.3. The van der Waals surface area contributed by atoms with Crippen molar-refractivity contribution in [3.63, 3.8) is 0 Å². The summed E-state index contributed by atoms with van der Waals surface area (Å²) in [7, 11) is -5.40. The van der Waals surface area contributed by atoms with Crippen molar-refractivity contribution >= 4 is 16.3 Å². The van der Waals surface area contributed by atoms with Crippen molar-refractivity contribution in [2.45, 2.75) is 0 Å². The molecule has 0 saturated carbocycles. The van der Waals surface area contributed by atoms with Gasteiger partial charge >= 0.3 is 7.60 Å². The minimum absolute atomic E-state index is 0.197. The van der Waals surface area contributed by atoms with Gasteiger partial charge in [-0.1, -0.05) is 12.2 Å². The lowest BCUT2D eigenvalue weighted by Crippen LogP contribution is -2.18. The average molecular weight is 241 g/mol. The van der Waals surface area contributed by atoms with Crippen molar-refractivity contribution in [3.8, 4) is 0 Å². The molecule has 4 N–H and O–H groups in total. The number of nitrogens with one attached hydrogen (secondary N) is 1. The van der Waals surface area contributed by atoms with E-state index in [0.717, 1.165) is 0 Å². The molecule has 0 aliphatic carbocycles. The lowest BCUT2D eigenvalue weighted by molar-refractivity contribution is 0.375. The molecule has 1 atom stereocenters. The average Bonchev–Trinajstić information content (AvgIpc) is 2.04. The molecule has 1 heterocycles. The molecule has 1 rings (SSSR count). The van der Waals surface area contributed by atoms with E-state index >= 15 is 0 Å². The molecule has 82 valence electrons. The maximum Gasteiger partial charge on any atom is 0.331 e. The third kappa shape index (κ3) is 8.23. The highest BCUT2D eigenvalue weighted by atomic mass is 31.2. The van der Waals surface area contributed by atoms with Crippen LogP contribution >= 0.6 is 16.3 Å². The zero-order chi connectivity index (χ0) is 11.0. The molecule has 0 aromatic carbocycles. The predicted octanol–water partition coefficient (Wildman–Crippen LogP) is -0.143.